The molecule has 0 aliphatic carbocycles. The number of rotatable bonds is 8. The van der Waals surface area contributed by atoms with Crippen molar-refractivity contribution in [1.29, 1.82) is 0 Å². The number of Topliss-reactive ketones (excluding diaryl/α,β-unsaturated/α-hetero) is 1. The Bertz CT molecular complexity index is 243. The molecule has 0 atom stereocenters. The molecule has 0 rings (SSSR count). The van der Waals surface area contributed by atoms with Crippen molar-refractivity contribution in [3.05, 3.63) is 0 Å². The van der Waals surface area contributed by atoms with Gasteiger partial charge in [-0.25, -0.2) is 5.48 Å². The topological polar surface area (TPSA) is 55.4 Å². The Hall–Kier alpha value is -1.34. The van der Waals surface area contributed by atoms with Crippen LogP contribution in [0.1, 0.15) is 39.0 Å². The fourth-order valence-corrected chi connectivity index (χ4v) is 0.880. The zero-order valence-corrected chi connectivity index (χ0v) is 9.04. The van der Waals surface area contributed by atoms with E-state index in [0.717, 1.165) is 12.8 Å². The lowest BCUT2D eigenvalue weighted by Gasteiger charge is -2.03. The summed E-state index contributed by atoms with van der Waals surface area (Å²) in [6, 6.07) is 0. The molecule has 1 N–H and O–H groups in total. The van der Waals surface area contributed by atoms with Gasteiger partial charge in [-0.2, -0.15) is 0 Å². The third kappa shape index (κ3) is 8.98. The van der Waals surface area contributed by atoms with Gasteiger partial charge in [-0.1, -0.05) is 13.3 Å². The van der Waals surface area contributed by atoms with E-state index in [1.165, 1.54) is 0 Å². The number of hydroxylamine groups is 1. The lowest BCUT2D eigenvalue weighted by atomic mass is 10.2. The van der Waals surface area contributed by atoms with Crippen molar-refractivity contribution in [2.75, 3.05) is 6.61 Å². The zero-order chi connectivity index (χ0) is 11.5. The molecule has 0 aromatic rings. The number of amides is 1. The second-order valence-corrected chi connectivity index (χ2v) is 3.16. The molecular weight excluding hydrogens is 194 g/mol. The Morgan fingerprint density at radius 3 is 2.73 bits per heavy atom. The first kappa shape index (κ1) is 13.7. The van der Waals surface area contributed by atoms with Crippen LogP contribution >= 0.6 is 0 Å². The Morgan fingerprint density at radius 1 is 1.40 bits per heavy atom. The van der Waals surface area contributed by atoms with E-state index in [2.05, 4.69) is 11.4 Å². The van der Waals surface area contributed by atoms with Gasteiger partial charge in [-0.15, -0.1) is 12.3 Å². The second kappa shape index (κ2) is 9.22. The SMILES string of the molecule is C#CCCC(=O)NOCC(=O)CCCC. The van der Waals surface area contributed by atoms with Crippen molar-refractivity contribution in [3.8, 4) is 12.3 Å². The Morgan fingerprint density at radius 2 is 2.13 bits per heavy atom. The molecule has 0 aliphatic heterocycles. The van der Waals surface area contributed by atoms with Gasteiger partial charge in [0, 0.05) is 19.3 Å². The molecule has 1 amide bonds. The third-order valence-electron chi connectivity index (χ3n) is 1.72. The normalized spacial score (nSPS) is 9.33. The molecule has 4 heteroatoms. The maximum atomic E-state index is 11.1. The molecule has 0 unspecified atom stereocenters. The lowest BCUT2D eigenvalue weighted by molar-refractivity contribution is -0.138. The van der Waals surface area contributed by atoms with Crippen LogP contribution in [0, 0.1) is 12.3 Å². The minimum atomic E-state index is -0.295. The van der Waals surface area contributed by atoms with Gasteiger partial charge in [0.1, 0.15) is 6.61 Å². The number of terminal acetylenes is 1. The molecule has 0 aromatic heterocycles. The van der Waals surface area contributed by atoms with E-state index in [1.54, 1.807) is 0 Å². The van der Waals surface area contributed by atoms with E-state index in [-0.39, 0.29) is 24.7 Å². The Labute approximate surface area is 90.3 Å². The fraction of sp³-hybridized carbons (Fsp3) is 0.636. The summed E-state index contributed by atoms with van der Waals surface area (Å²) in [5.74, 6) is 2.04. The largest absolute Gasteiger partial charge is 0.297 e. The highest BCUT2D eigenvalue weighted by Gasteiger charge is 2.03. The van der Waals surface area contributed by atoms with Crippen LogP contribution in [0.25, 0.3) is 0 Å². The van der Waals surface area contributed by atoms with Gasteiger partial charge in [0.2, 0.25) is 5.91 Å². The van der Waals surface area contributed by atoms with Crippen LogP contribution in [0.15, 0.2) is 0 Å². The summed E-state index contributed by atoms with van der Waals surface area (Å²) in [5, 5.41) is 0. The highest BCUT2D eigenvalue weighted by atomic mass is 16.7. The number of nitrogens with one attached hydrogen (secondary N) is 1. The standard InChI is InChI=1S/C11H17NO3/c1-3-5-7-10(13)9-15-12-11(14)8-6-4-2/h2H,3,5-9H2,1H3,(H,12,14). The highest BCUT2D eigenvalue weighted by molar-refractivity contribution is 5.80. The predicted molar refractivity (Wildman–Crippen MR) is 56.7 cm³/mol. The molecule has 0 saturated heterocycles. The van der Waals surface area contributed by atoms with Crippen LogP contribution in [0.4, 0.5) is 0 Å². The van der Waals surface area contributed by atoms with Crippen molar-refractivity contribution in [3.63, 3.8) is 0 Å². The van der Waals surface area contributed by atoms with E-state index >= 15 is 0 Å². The molecule has 84 valence electrons. The van der Waals surface area contributed by atoms with E-state index in [1.807, 2.05) is 6.92 Å². The molecule has 4 nitrogen and oxygen atoms in total. The van der Waals surface area contributed by atoms with Crippen LogP contribution in [0.3, 0.4) is 0 Å². The summed E-state index contributed by atoms with van der Waals surface area (Å²) in [7, 11) is 0. The first-order valence-electron chi connectivity index (χ1n) is 5.06. The molecule has 0 bridgehead atoms. The average Bonchev–Trinajstić information content (AvgIpc) is 2.23. The minimum Gasteiger partial charge on any atom is -0.297 e. The summed E-state index contributed by atoms with van der Waals surface area (Å²) in [5.41, 5.74) is 2.17. The molecule has 15 heavy (non-hydrogen) atoms. The van der Waals surface area contributed by atoms with Crippen LogP contribution in [0.2, 0.25) is 0 Å². The molecule has 0 heterocycles. The average molecular weight is 211 g/mol. The van der Waals surface area contributed by atoms with Crippen molar-refractivity contribution >= 4 is 11.7 Å². The minimum absolute atomic E-state index is 0.00546. The lowest BCUT2D eigenvalue weighted by Crippen LogP contribution is -2.26. The number of hydrogen-bond acceptors (Lipinski definition) is 3. The van der Waals surface area contributed by atoms with Gasteiger partial charge in [0.15, 0.2) is 5.78 Å². The summed E-state index contributed by atoms with van der Waals surface area (Å²) < 4.78 is 0. The molecular formula is C11H17NO3. The number of hydrogen-bond donors (Lipinski definition) is 1. The molecule has 0 aromatic carbocycles. The fourth-order valence-electron chi connectivity index (χ4n) is 0.880. The highest BCUT2D eigenvalue weighted by Crippen LogP contribution is 1.95. The zero-order valence-electron chi connectivity index (χ0n) is 9.04. The first-order chi connectivity index (χ1) is 7.20. The molecule has 0 fully saturated rings. The summed E-state index contributed by atoms with van der Waals surface area (Å²) in [6.07, 6.45) is 7.90. The van der Waals surface area contributed by atoms with Crippen LogP contribution in [-0.2, 0) is 14.4 Å². The molecule has 0 spiro atoms. The number of carbonyl (C=O) groups excluding carboxylic acids is 2. The number of carbonyl (C=O) groups is 2. The maximum Gasteiger partial charge on any atom is 0.244 e. The monoisotopic (exact) mass is 211 g/mol. The Kier molecular flexibility index (Phi) is 8.40. The Balaban J connectivity index is 3.40. The van der Waals surface area contributed by atoms with Crippen molar-refractivity contribution < 1.29 is 14.4 Å². The molecule has 0 radical (unpaired) electrons. The van der Waals surface area contributed by atoms with Crippen LogP contribution in [0.5, 0.6) is 0 Å². The van der Waals surface area contributed by atoms with Gasteiger partial charge >= 0.3 is 0 Å². The third-order valence-corrected chi connectivity index (χ3v) is 1.72. The van der Waals surface area contributed by atoms with Gasteiger partial charge in [-0.3, -0.25) is 14.4 Å². The first-order valence-corrected chi connectivity index (χ1v) is 5.06. The predicted octanol–water partition coefficient (Wildman–Crippen LogP) is 1.21. The molecule has 0 saturated carbocycles. The van der Waals surface area contributed by atoms with Gasteiger partial charge < -0.3 is 0 Å². The summed E-state index contributed by atoms with van der Waals surface area (Å²) in [4.78, 5) is 26.8. The quantitative estimate of drug-likeness (QED) is 0.485. The van der Waals surface area contributed by atoms with Crippen LogP contribution < -0.4 is 5.48 Å². The smallest absolute Gasteiger partial charge is 0.244 e. The van der Waals surface area contributed by atoms with Crippen molar-refractivity contribution in [2.45, 2.75) is 39.0 Å². The van der Waals surface area contributed by atoms with E-state index in [9.17, 15) is 9.59 Å². The van der Waals surface area contributed by atoms with Crippen molar-refractivity contribution in [2.24, 2.45) is 0 Å². The van der Waals surface area contributed by atoms with E-state index in [4.69, 9.17) is 11.3 Å². The summed E-state index contributed by atoms with van der Waals surface area (Å²) >= 11 is 0. The van der Waals surface area contributed by atoms with E-state index in [0.29, 0.717) is 12.8 Å². The maximum absolute atomic E-state index is 11.1. The second-order valence-electron chi connectivity index (χ2n) is 3.16. The number of unbranched alkanes of at least 4 members (excludes halogenated alkanes) is 1. The van der Waals surface area contributed by atoms with Crippen molar-refractivity contribution in [1.82, 2.24) is 5.48 Å². The summed E-state index contributed by atoms with van der Waals surface area (Å²) in [6.45, 7) is 1.94. The van der Waals surface area contributed by atoms with Gasteiger partial charge in [0.25, 0.3) is 0 Å². The van der Waals surface area contributed by atoms with E-state index < -0.39 is 0 Å². The molecule has 0 aliphatic rings. The van der Waals surface area contributed by atoms with Gasteiger partial charge in [-0.05, 0) is 6.42 Å². The number of ketones is 1. The van der Waals surface area contributed by atoms with Crippen LogP contribution in [-0.4, -0.2) is 18.3 Å². The van der Waals surface area contributed by atoms with Gasteiger partial charge in [0.05, 0.1) is 0 Å².